The molecule has 76 valence electrons. The highest BCUT2D eigenvalue weighted by Crippen LogP contribution is 2.22. The maximum Gasteiger partial charge on any atom is 0.165 e. The van der Waals surface area contributed by atoms with E-state index >= 15 is 0 Å². The van der Waals surface area contributed by atoms with E-state index in [9.17, 15) is 4.39 Å². The Morgan fingerprint density at radius 3 is 2.86 bits per heavy atom. The Morgan fingerprint density at radius 1 is 1.64 bits per heavy atom. The number of ether oxygens (including phenoxy) is 1. The van der Waals surface area contributed by atoms with Gasteiger partial charge in [-0.2, -0.15) is 0 Å². The molecule has 0 fully saturated rings. The molecule has 0 aliphatic carbocycles. The van der Waals surface area contributed by atoms with Gasteiger partial charge in [-0.3, -0.25) is 0 Å². The molecule has 2 N–H and O–H groups in total. The second kappa shape index (κ2) is 4.77. The van der Waals surface area contributed by atoms with E-state index < -0.39 is 0 Å². The van der Waals surface area contributed by atoms with Crippen molar-refractivity contribution in [2.75, 3.05) is 7.11 Å². The first kappa shape index (κ1) is 10.7. The van der Waals surface area contributed by atoms with Gasteiger partial charge in [-0.15, -0.1) is 6.58 Å². The van der Waals surface area contributed by atoms with Gasteiger partial charge in [-0.1, -0.05) is 12.1 Å². The highest BCUT2D eigenvalue weighted by molar-refractivity contribution is 5.31. The molecule has 0 saturated heterocycles. The van der Waals surface area contributed by atoms with Crippen molar-refractivity contribution in [2.24, 2.45) is 5.73 Å². The largest absolute Gasteiger partial charge is 0.494 e. The molecular formula is C11H14FNO. The minimum Gasteiger partial charge on any atom is -0.494 e. The van der Waals surface area contributed by atoms with E-state index in [0.717, 1.165) is 5.56 Å². The molecule has 2 nitrogen and oxygen atoms in total. The third-order valence-corrected chi connectivity index (χ3v) is 2.02. The Balaban J connectivity index is 2.90. The molecule has 0 aliphatic rings. The summed E-state index contributed by atoms with van der Waals surface area (Å²) >= 11 is 0. The summed E-state index contributed by atoms with van der Waals surface area (Å²) < 4.78 is 18.0. The minimum absolute atomic E-state index is 0.201. The fourth-order valence-electron chi connectivity index (χ4n) is 1.23. The molecule has 0 bridgehead atoms. The van der Waals surface area contributed by atoms with Gasteiger partial charge in [0.1, 0.15) is 0 Å². The molecule has 0 aromatic heterocycles. The van der Waals surface area contributed by atoms with Gasteiger partial charge in [0.15, 0.2) is 11.6 Å². The van der Waals surface area contributed by atoms with E-state index in [0.29, 0.717) is 6.42 Å². The van der Waals surface area contributed by atoms with Crippen molar-refractivity contribution in [2.45, 2.75) is 12.5 Å². The predicted molar refractivity (Wildman–Crippen MR) is 54.7 cm³/mol. The number of rotatable bonds is 4. The third kappa shape index (κ3) is 2.33. The van der Waals surface area contributed by atoms with E-state index in [4.69, 9.17) is 10.5 Å². The fourth-order valence-corrected chi connectivity index (χ4v) is 1.23. The Morgan fingerprint density at radius 2 is 2.36 bits per heavy atom. The van der Waals surface area contributed by atoms with Crippen molar-refractivity contribution < 1.29 is 9.13 Å². The number of halogens is 1. The van der Waals surface area contributed by atoms with E-state index in [1.807, 2.05) is 0 Å². The molecule has 0 saturated carbocycles. The SMILES string of the molecule is C=CC[C@H](N)c1ccc(OC)c(F)c1. The monoisotopic (exact) mass is 195 g/mol. The van der Waals surface area contributed by atoms with E-state index in [2.05, 4.69) is 6.58 Å². The molecule has 1 atom stereocenters. The molecule has 14 heavy (non-hydrogen) atoms. The van der Waals surface area contributed by atoms with Gasteiger partial charge in [0.05, 0.1) is 7.11 Å². The first-order valence-corrected chi connectivity index (χ1v) is 4.39. The molecule has 0 heterocycles. The molecule has 0 radical (unpaired) electrons. The highest BCUT2D eigenvalue weighted by atomic mass is 19.1. The standard InChI is InChI=1S/C11H14FNO/c1-3-4-10(13)8-5-6-11(14-2)9(12)7-8/h3,5-7,10H,1,4,13H2,2H3/t10-/m0/s1. The van der Waals surface area contributed by atoms with Crippen LogP contribution in [0.2, 0.25) is 0 Å². The van der Waals surface area contributed by atoms with Crippen LogP contribution in [0.15, 0.2) is 30.9 Å². The highest BCUT2D eigenvalue weighted by Gasteiger charge is 2.08. The molecule has 0 amide bonds. The van der Waals surface area contributed by atoms with Crippen LogP contribution in [-0.2, 0) is 0 Å². The van der Waals surface area contributed by atoms with Crippen LogP contribution in [0.25, 0.3) is 0 Å². The summed E-state index contributed by atoms with van der Waals surface area (Å²) in [7, 11) is 1.43. The van der Waals surface area contributed by atoms with Gasteiger partial charge >= 0.3 is 0 Å². The van der Waals surface area contributed by atoms with E-state index in [-0.39, 0.29) is 17.6 Å². The van der Waals surface area contributed by atoms with Crippen molar-refractivity contribution in [1.82, 2.24) is 0 Å². The van der Waals surface area contributed by atoms with Crippen molar-refractivity contribution >= 4 is 0 Å². The molecule has 0 unspecified atom stereocenters. The lowest BCUT2D eigenvalue weighted by molar-refractivity contribution is 0.386. The summed E-state index contributed by atoms with van der Waals surface area (Å²) in [5.74, 6) is -0.149. The molecule has 1 aromatic rings. The summed E-state index contributed by atoms with van der Waals surface area (Å²) in [4.78, 5) is 0. The normalized spacial score (nSPS) is 12.2. The van der Waals surface area contributed by atoms with Crippen LogP contribution in [0.5, 0.6) is 5.75 Å². The van der Waals surface area contributed by atoms with E-state index in [1.54, 1.807) is 18.2 Å². The number of benzene rings is 1. The average Bonchev–Trinajstić information content (AvgIpc) is 2.18. The summed E-state index contributed by atoms with van der Waals surface area (Å²) in [6, 6.07) is 4.53. The van der Waals surface area contributed by atoms with Crippen LogP contribution in [-0.4, -0.2) is 7.11 Å². The Hall–Kier alpha value is -1.35. The van der Waals surface area contributed by atoms with Crippen LogP contribution in [0.3, 0.4) is 0 Å². The number of nitrogens with two attached hydrogens (primary N) is 1. The predicted octanol–water partition coefficient (Wildman–Crippen LogP) is 2.41. The zero-order valence-corrected chi connectivity index (χ0v) is 8.16. The van der Waals surface area contributed by atoms with Crippen LogP contribution in [0.1, 0.15) is 18.0 Å². The quantitative estimate of drug-likeness (QED) is 0.749. The lowest BCUT2D eigenvalue weighted by Crippen LogP contribution is -2.09. The van der Waals surface area contributed by atoms with Gasteiger partial charge in [-0.25, -0.2) is 4.39 Å². The fraction of sp³-hybridized carbons (Fsp3) is 0.273. The smallest absolute Gasteiger partial charge is 0.165 e. The maximum atomic E-state index is 13.2. The van der Waals surface area contributed by atoms with Gasteiger partial charge in [0, 0.05) is 6.04 Å². The van der Waals surface area contributed by atoms with Crippen molar-refractivity contribution in [3.63, 3.8) is 0 Å². The second-order valence-corrected chi connectivity index (χ2v) is 3.02. The minimum atomic E-state index is -0.385. The summed E-state index contributed by atoms with van der Waals surface area (Å²) in [5, 5.41) is 0. The summed E-state index contributed by atoms with van der Waals surface area (Å²) in [6.45, 7) is 3.58. The van der Waals surface area contributed by atoms with Crippen molar-refractivity contribution in [3.05, 3.63) is 42.2 Å². The van der Waals surface area contributed by atoms with Gasteiger partial charge in [0.2, 0.25) is 0 Å². The average molecular weight is 195 g/mol. The molecule has 0 aliphatic heterocycles. The molecule has 1 rings (SSSR count). The van der Waals surface area contributed by atoms with Crippen molar-refractivity contribution in [3.8, 4) is 5.75 Å². The van der Waals surface area contributed by atoms with E-state index in [1.165, 1.54) is 13.2 Å². The van der Waals surface area contributed by atoms with Crippen LogP contribution >= 0.6 is 0 Å². The maximum absolute atomic E-state index is 13.2. The first-order chi connectivity index (χ1) is 6.69. The lowest BCUT2D eigenvalue weighted by atomic mass is 10.0. The Kier molecular flexibility index (Phi) is 3.65. The van der Waals surface area contributed by atoms with Crippen LogP contribution < -0.4 is 10.5 Å². The Labute approximate surface area is 83.2 Å². The summed E-state index contributed by atoms with van der Waals surface area (Å²) in [6.07, 6.45) is 2.35. The first-order valence-electron chi connectivity index (χ1n) is 4.39. The Bertz CT molecular complexity index is 325. The van der Waals surface area contributed by atoms with Gasteiger partial charge < -0.3 is 10.5 Å². The van der Waals surface area contributed by atoms with Crippen LogP contribution in [0.4, 0.5) is 4.39 Å². The van der Waals surface area contributed by atoms with Gasteiger partial charge in [0.25, 0.3) is 0 Å². The molecule has 3 heteroatoms. The number of methoxy groups -OCH3 is 1. The number of hydrogen-bond donors (Lipinski definition) is 1. The zero-order valence-electron chi connectivity index (χ0n) is 8.16. The third-order valence-electron chi connectivity index (χ3n) is 2.02. The summed E-state index contributed by atoms with van der Waals surface area (Å²) in [5.41, 5.74) is 6.54. The lowest BCUT2D eigenvalue weighted by Gasteiger charge is -2.10. The van der Waals surface area contributed by atoms with Crippen LogP contribution in [0, 0.1) is 5.82 Å². The second-order valence-electron chi connectivity index (χ2n) is 3.02. The van der Waals surface area contributed by atoms with Gasteiger partial charge in [-0.05, 0) is 24.1 Å². The number of hydrogen-bond acceptors (Lipinski definition) is 2. The zero-order chi connectivity index (χ0) is 10.6. The molecular weight excluding hydrogens is 181 g/mol. The van der Waals surface area contributed by atoms with Crippen molar-refractivity contribution in [1.29, 1.82) is 0 Å². The molecule has 1 aromatic carbocycles. The topological polar surface area (TPSA) is 35.2 Å². The molecule has 0 spiro atoms.